The molecular formula is C17H25N3O6. The van der Waals surface area contributed by atoms with Crippen LogP contribution in [0.1, 0.15) is 39.5 Å². The molecule has 2 fully saturated rings. The number of carbonyl (C=O) groups is 5. The minimum absolute atomic E-state index is 0.230. The van der Waals surface area contributed by atoms with E-state index >= 15 is 0 Å². The summed E-state index contributed by atoms with van der Waals surface area (Å²) < 4.78 is 4.77. The third-order valence-corrected chi connectivity index (χ3v) is 4.51. The van der Waals surface area contributed by atoms with Crippen molar-refractivity contribution in [3.05, 3.63) is 0 Å². The third-order valence-electron chi connectivity index (χ3n) is 4.51. The predicted octanol–water partition coefficient (Wildman–Crippen LogP) is 0.187. The molecule has 1 saturated heterocycles. The molecule has 0 aromatic heterocycles. The first-order valence-corrected chi connectivity index (χ1v) is 8.88. The van der Waals surface area contributed by atoms with Crippen molar-refractivity contribution in [2.24, 2.45) is 17.8 Å². The van der Waals surface area contributed by atoms with Crippen LogP contribution in [0.25, 0.3) is 0 Å². The Morgan fingerprint density at radius 1 is 1.12 bits per heavy atom. The van der Waals surface area contributed by atoms with Gasteiger partial charge >= 0.3 is 12.0 Å². The van der Waals surface area contributed by atoms with Crippen molar-refractivity contribution in [3.63, 3.8) is 0 Å². The summed E-state index contributed by atoms with van der Waals surface area (Å²) in [5.74, 6) is -2.76. The van der Waals surface area contributed by atoms with E-state index in [0.29, 0.717) is 19.4 Å². The largest absolute Gasteiger partial charge is 0.454 e. The van der Waals surface area contributed by atoms with Crippen LogP contribution in [0.5, 0.6) is 0 Å². The Hall–Kier alpha value is -2.45. The zero-order valence-corrected chi connectivity index (χ0v) is 15.1. The first-order valence-electron chi connectivity index (χ1n) is 8.88. The van der Waals surface area contributed by atoms with Crippen LogP contribution in [-0.2, 0) is 23.9 Å². The van der Waals surface area contributed by atoms with Crippen LogP contribution in [0, 0.1) is 17.8 Å². The molecule has 9 nitrogen and oxygen atoms in total. The summed E-state index contributed by atoms with van der Waals surface area (Å²) in [6, 6.07) is -0.672. The number of hydrogen-bond donors (Lipinski definition) is 2. The van der Waals surface area contributed by atoms with Crippen molar-refractivity contribution < 1.29 is 28.7 Å². The molecule has 2 atom stereocenters. The number of rotatable bonds is 6. The number of hydrogen-bond acceptors (Lipinski definition) is 6. The van der Waals surface area contributed by atoms with Gasteiger partial charge in [0.15, 0.2) is 6.61 Å². The number of urea groups is 1. The highest BCUT2D eigenvalue weighted by Crippen LogP contribution is 2.37. The van der Waals surface area contributed by atoms with Crippen LogP contribution in [0.4, 0.5) is 4.79 Å². The van der Waals surface area contributed by atoms with Crippen LogP contribution >= 0.6 is 0 Å². The van der Waals surface area contributed by atoms with Gasteiger partial charge in [-0.25, -0.2) is 4.79 Å². The van der Waals surface area contributed by atoms with Crippen molar-refractivity contribution in [1.29, 1.82) is 0 Å². The lowest BCUT2D eigenvalue weighted by molar-refractivity contribution is -0.154. The molecule has 1 saturated carbocycles. The lowest BCUT2D eigenvalue weighted by Crippen LogP contribution is -2.43. The highest BCUT2D eigenvalue weighted by Gasteiger charge is 2.48. The summed E-state index contributed by atoms with van der Waals surface area (Å²) in [7, 11) is 0. The van der Waals surface area contributed by atoms with E-state index in [2.05, 4.69) is 5.32 Å². The lowest BCUT2D eigenvalue weighted by Gasteiger charge is -2.19. The molecule has 0 unspecified atom stereocenters. The summed E-state index contributed by atoms with van der Waals surface area (Å²) >= 11 is 0. The van der Waals surface area contributed by atoms with E-state index in [1.54, 1.807) is 0 Å². The normalized spacial score (nSPS) is 22.2. The summed E-state index contributed by atoms with van der Waals surface area (Å²) in [4.78, 5) is 60.3. The van der Waals surface area contributed by atoms with E-state index in [4.69, 9.17) is 4.74 Å². The van der Waals surface area contributed by atoms with Gasteiger partial charge in [0, 0.05) is 6.54 Å². The molecule has 2 aliphatic rings. The fraction of sp³-hybridized carbons (Fsp3) is 0.706. The van der Waals surface area contributed by atoms with E-state index in [-0.39, 0.29) is 29.6 Å². The Bertz CT molecular complexity index is 579. The maximum Gasteiger partial charge on any atom is 0.326 e. The Morgan fingerprint density at radius 3 is 2.23 bits per heavy atom. The molecule has 144 valence electrons. The van der Waals surface area contributed by atoms with E-state index in [1.165, 1.54) is 0 Å². The molecule has 9 heteroatoms. The Labute approximate surface area is 151 Å². The molecule has 0 spiro atoms. The number of nitrogens with zero attached hydrogens (tertiary/aromatic N) is 1. The third kappa shape index (κ3) is 5.03. The smallest absolute Gasteiger partial charge is 0.326 e. The highest BCUT2D eigenvalue weighted by atomic mass is 16.5. The van der Waals surface area contributed by atoms with Gasteiger partial charge in [-0.1, -0.05) is 26.7 Å². The average molecular weight is 367 g/mol. The number of likely N-dealkylation sites (tertiary alicyclic amines) is 1. The summed E-state index contributed by atoms with van der Waals surface area (Å²) in [5.41, 5.74) is 0. The Balaban J connectivity index is 1.75. The van der Waals surface area contributed by atoms with Gasteiger partial charge in [0.05, 0.1) is 11.8 Å². The van der Waals surface area contributed by atoms with Gasteiger partial charge in [-0.15, -0.1) is 0 Å². The van der Waals surface area contributed by atoms with Gasteiger partial charge in [-0.2, -0.15) is 0 Å². The monoisotopic (exact) mass is 367 g/mol. The van der Waals surface area contributed by atoms with Gasteiger partial charge in [0.25, 0.3) is 5.91 Å². The molecule has 0 aromatic rings. The number of amides is 5. The molecule has 0 aromatic carbocycles. The quantitative estimate of drug-likeness (QED) is 0.510. The molecule has 1 heterocycles. The minimum atomic E-state index is -0.858. The van der Waals surface area contributed by atoms with E-state index < -0.39 is 31.1 Å². The first-order chi connectivity index (χ1) is 12.3. The van der Waals surface area contributed by atoms with Crippen LogP contribution in [-0.4, -0.2) is 54.3 Å². The Kier molecular flexibility index (Phi) is 6.70. The van der Waals surface area contributed by atoms with E-state index in [1.807, 2.05) is 19.2 Å². The standard InChI is InChI=1S/C17H25N3O6/c1-10(2)7-18-17(25)19-13(21)9-26-14(22)8-20-15(23)11-5-3-4-6-12(11)16(20)24/h10-12H,3-9H2,1-2H3,(H2,18,19,21,25)/t11-,12+. The van der Waals surface area contributed by atoms with Crippen molar-refractivity contribution >= 4 is 29.7 Å². The average Bonchev–Trinajstić information content (AvgIpc) is 2.83. The van der Waals surface area contributed by atoms with Crippen molar-refractivity contribution in [1.82, 2.24) is 15.5 Å². The predicted molar refractivity (Wildman–Crippen MR) is 89.5 cm³/mol. The van der Waals surface area contributed by atoms with Gasteiger partial charge in [-0.3, -0.25) is 29.4 Å². The maximum atomic E-state index is 12.3. The number of fused-ring (bicyclic) bond motifs is 1. The van der Waals surface area contributed by atoms with Crippen LogP contribution in [0.2, 0.25) is 0 Å². The SMILES string of the molecule is CC(C)CNC(=O)NC(=O)COC(=O)CN1C(=O)[C@H]2CCCC[C@H]2C1=O. The lowest BCUT2D eigenvalue weighted by atomic mass is 9.81. The number of imide groups is 2. The molecule has 0 bridgehead atoms. The fourth-order valence-electron chi connectivity index (χ4n) is 3.21. The van der Waals surface area contributed by atoms with Crippen LogP contribution < -0.4 is 10.6 Å². The topological polar surface area (TPSA) is 122 Å². The summed E-state index contributed by atoms with van der Waals surface area (Å²) in [6.45, 7) is 3.05. The van der Waals surface area contributed by atoms with Crippen molar-refractivity contribution in [3.8, 4) is 0 Å². The maximum absolute atomic E-state index is 12.3. The molecule has 0 radical (unpaired) electrons. The second kappa shape index (κ2) is 8.77. The zero-order chi connectivity index (χ0) is 19.3. The first kappa shape index (κ1) is 19.9. The minimum Gasteiger partial charge on any atom is -0.454 e. The molecule has 1 aliphatic heterocycles. The second-order valence-corrected chi connectivity index (χ2v) is 7.07. The summed E-state index contributed by atoms with van der Waals surface area (Å²) in [5, 5.41) is 4.52. The summed E-state index contributed by atoms with van der Waals surface area (Å²) in [6.07, 6.45) is 3.12. The van der Waals surface area contributed by atoms with Crippen LogP contribution in [0.15, 0.2) is 0 Å². The fourth-order valence-corrected chi connectivity index (χ4v) is 3.21. The van der Waals surface area contributed by atoms with Gasteiger partial charge in [0.1, 0.15) is 6.54 Å². The number of carbonyl (C=O) groups excluding carboxylic acids is 5. The van der Waals surface area contributed by atoms with Gasteiger partial charge < -0.3 is 10.1 Å². The zero-order valence-electron chi connectivity index (χ0n) is 15.1. The van der Waals surface area contributed by atoms with Crippen molar-refractivity contribution in [2.45, 2.75) is 39.5 Å². The highest BCUT2D eigenvalue weighted by molar-refractivity contribution is 6.07. The molecule has 2 N–H and O–H groups in total. The number of esters is 1. The number of nitrogens with one attached hydrogen (secondary N) is 2. The molecular weight excluding hydrogens is 342 g/mol. The second-order valence-electron chi connectivity index (χ2n) is 7.07. The van der Waals surface area contributed by atoms with Gasteiger partial charge in [-0.05, 0) is 18.8 Å². The molecule has 5 amide bonds. The van der Waals surface area contributed by atoms with Gasteiger partial charge in [0.2, 0.25) is 11.8 Å². The molecule has 2 rings (SSSR count). The molecule has 1 aliphatic carbocycles. The van der Waals surface area contributed by atoms with Crippen molar-refractivity contribution in [2.75, 3.05) is 19.7 Å². The number of ether oxygens (including phenoxy) is 1. The van der Waals surface area contributed by atoms with E-state index in [9.17, 15) is 24.0 Å². The Morgan fingerprint density at radius 2 is 1.69 bits per heavy atom. The van der Waals surface area contributed by atoms with E-state index in [0.717, 1.165) is 17.7 Å². The van der Waals surface area contributed by atoms with Crippen LogP contribution in [0.3, 0.4) is 0 Å². The molecule has 26 heavy (non-hydrogen) atoms.